The summed E-state index contributed by atoms with van der Waals surface area (Å²) in [6.45, 7) is 8.67. The lowest BCUT2D eigenvalue weighted by Crippen LogP contribution is -2.42. The van der Waals surface area contributed by atoms with Gasteiger partial charge in [0.2, 0.25) is 0 Å². The fraction of sp³-hybridized carbons (Fsp3) is 0.417. The smallest absolute Gasteiger partial charge is 0.410 e. The average molecular weight is 408 g/mol. The lowest BCUT2D eigenvalue weighted by Gasteiger charge is -2.35. The molecule has 3 heterocycles. The number of likely N-dealkylation sites (tertiary alicyclic amines) is 1. The monoisotopic (exact) mass is 407 g/mol. The van der Waals surface area contributed by atoms with E-state index >= 15 is 0 Å². The summed E-state index contributed by atoms with van der Waals surface area (Å²) in [5.41, 5.74) is 3.95. The summed E-state index contributed by atoms with van der Waals surface area (Å²) in [6, 6.07) is 2.11. The van der Waals surface area contributed by atoms with Crippen molar-refractivity contribution in [3.63, 3.8) is 0 Å². The van der Waals surface area contributed by atoms with Crippen molar-refractivity contribution in [1.29, 1.82) is 0 Å². The van der Waals surface area contributed by atoms with Crippen LogP contribution in [-0.4, -0.2) is 45.2 Å². The molecule has 6 heteroatoms. The standard InChI is InChI=1S/C24H29N3O3/c1-3-6-17(4-2)15-30-24(29)26-11-5-7-19(14-26)23(28)22-20(18-8-9-18)10-12-27-16-25-13-21(22)27/h3-4,6,10,12-13,16,18-19,23,28H,1-2,5,7-9,11,14-15H2/b17-6+. The van der Waals surface area contributed by atoms with E-state index in [0.29, 0.717) is 19.0 Å². The molecule has 0 radical (unpaired) electrons. The molecule has 2 aliphatic rings. The van der Waals surface area contributed by atoms with Gasteiger partial charge in [0, 0.05) is 30.8 Å². The van der Waals surface area contributed by atoms with Crippen LogP contribution >= 0.6 is 0 Å². The first-order valence-electron chi connectivity index (χ1n) is 10.6. The first-order chi connectivity index (χ1) is 14.6. The zero-order valence-electron chi connectivity index (χ0n) is 17.2. The molecule has 4 rings (SSSR count). The highest BCUT2D eigenvalue weighted by Gasteiger charge is 2.35. The summed E-state index contributed by atoms with van der Waals surface area (Å²) in [6.07, 6.45) is 13.7. The highest BCUT2D eigenvalue weighted by Crippen LogP contribution is 2.45. The van der Waals surface area contributed by atoms with Crippen LogP contribution in [0.15, 0.2) is 61.7 Å². The number of carbonyl (C=O) groups is 1. The first kappa shape index (κ1) is 20.4. The van der Waals surface area contributed by atoms with Crippen LogP contribution in [0.5, 0.6) is 0 Å². The van der Waals surface area contributed by atoms with Gasteiger partial charge in [-0.25, -0.2) is 9.78 Å². The number of piperidine rings is 1. The van der Waals surface area contributed by atoms with Crippen molar-refractivity contribution in [3.05, 3.63) is 72.9 Å². The van der Waals surface area contributed by atoms with Crippen LogP contribution in [0.2, 0.25) is 0 Å². The van der Waals surface area contributed by atoms with Crippen LogP contribution < -0.4 is 0 Å². The molecule has 6 nitrogen and oxygen atoms in total. The van der Waals surface area contributed by atoms with E-state index in [1.165, 1.54) is 5.56 Å². The Bertz CT molecular complexity index is 973. The Hall–Kier alpha value is -2.86. The highest BCUT2D eigenvalue weighted by atomic mass is 16.6. The number of aliphatic hydroxyl groups is 1. The molecule has 0 aromatic carbocycles. The maximum atomic E-state index is 12.6. The quantitative estimate of drug-likeness (QED) is 0.691. The largest absolute Gasteiger partial charge is 0.445 e. The number of hydrogen-bond acceptors (Lipinski definition) is 4. The van der Waals surface area contributed by atoms with Crippen LogP contribution in [-0.2, 0) is 4.74 Å². The summed E-state index contributed by atoms with van der Waals surface area (Å²) in [5, 5.41) is 11.4. The minimum atomic E-state index is -0.638. The number of carbonyl (C=O) groups excluding carboxylic acids is 1. The topological polar surface area (TPSA) is 67.1 Å². The van der Waals surface area contributed by atoms with Crippen molar-refractivity contribution in [1.82, 2.24) is 14.3 Å². The lowest BCUT2D eigenvalue weighted by atomic mass is 9.85. The van der Waals surface area contributed by atoms with Crippen molar-refractivity contribution >= 4 is 11.6 Å². The highest BCUT2D eigenvalue weighted by molar-refractivity contribution is 5.68. The number of aromatic nitrogens is 2. The molecule has 2 fully saturated rings. The number of allylic oxidation sites excluding steroid dienone is 2. The SMILES string of the molecule is C=C/C=C(\C=C)COC(=O)N1CCCC(C(O)c2c(C3CC3)ccn3cncc23)C1. The van der Waals surface area contributed by atoms with Gasteiger partial charge in [0.15, 0.2) is 0 Å². The van der Waals surface area contributed by atoms with Gasteiger partial charge in [0.25, 0.3) is 0 Å². The second-order valence-corrected chi connectivity index (χ2v) is 8.17. The van der Waals surface area contributed by atoms with Gasteiger partial charge in [-0.1, -0.05) is 31.4 Å². The predicted octanol–water partition coefficient (Wildman–Crippen LogP) is 4.39. The second-order valence-electron chi connectivity index (χ2n) is 8.17. The normalized spacial score (nSPS) is 20.8. The average Bonchev–Trinajstić information content (AvgIpc) is 3.51. The van der Waals surface area contributed by atoms with Gasteiger partial charge in [0.05, 0.1) is 24.1 Å². The van der Waals surface area contributed by atoms with Gasteiger partial charge in [-0.3, -0.25) is 0 Å². The van der Waals surface area contributed by atoms with Crippen molar-refractivity contribution in [3.8, 4) is 0 Å². The minimum absolute atomic E-state index is 0.0347. The van der Waals surface area contributed by atoms with Crippen LogP contribution in [0, 0.1) is 5.92 Å². The van der Waals surface area contributed by atoms with Crippen LogP contribution in [0.25, 0.3) is 5.52 Å². The van der Waals surface area contributed by atoms with Crippen molar-refractivity contribution in [2.45, 2.75) is 37.7 Å². The van der Waals surface area contributed by atoms with Gasteiger partial charge in [0.1, 0.15) is 6.61 Å². The Labute approximate surface area is 177 Å². The van der Waals surface area contributed by atoms with Crippen LogP contribution in [0.4, 0.5) is 4.79 Å². The molecule has 2 aromatic heterocycles. The number of fused-ring (bicyclic) bond motifs is 1. The number of hydrogen-bond donors (Lipinski definition) is 1. The molecular formula is C24H29N3O3. The minimum Gasteiger partial charge on any atom is -0.445 e. The first-order valence-corrected chi connectivity index (χ1v) is 10.6. The van der Waals surface area contributed by atoms with E-state index in [2.05, 4.69) is 24.2 Å². The van der Waals surface area contributed by atoms with Crippen molar-refractivity contribution in [2.24, 2.45) is 5.92 Å². The van der Waals surface area contributed by atoms with E-state index in [0.717, 1.165) is 42.3 Å². The number of ether oxygens (including phenoxy) is 1. The number of rotatable bonds is 7. The molecule has 1 saturated carbocycles. The van der Waals surface area contributed by atoms with Gasteiger partial charge >= 0.3 is 6.09 Å². The molecule has 0 spiro atoms. The molecule has 2 atom stereocenters. The lowest BCUT2D eigenvalue weighted by molar-refractivity contribution is 0.0418. The van der Waals surface area contributed by atoms with Gasteiger partial charge in [-0.15, -0.1) is 0 Å². The van der Waals surface area contributed by atoms with E-state index in [-0.39, 0.29) is 18.6 Å². The zero-order valence-corrected chi connectivity index (χ0v) is 17.2. The third-order valence-electron chi connectivity index (χ3n) is 6.10. The summed E-state index contributed by atoms with van der Waals surface area (Å²) in [5.74, 6) is 0.487. The Morgan fingerprint density at radius 2 is 2.20 bits per heavy atom. The third kappa shape index (κ3) is 4.19. The number of nitrogens with zero attached hydrogens (tertiary/aromatic N) is 3. The van der Waals surface area contributed by atoms with E-state index in [9.17, 15) is 9.90 Å². The predicted molar refractivity (Wildman–Crippen MR) is 116 cm³/mol. The molecule has 30 heavy (non-hydrogen) atoms. The summed E-state index contributed by atoms with van der Waals surface area (Å²) >= 11 is 0. The van der Waals surface area contributed by atoms with Crippen molar-refractivity contribution in [2.75, 3.05) is 19.7 Å². The van der Waals surface area contributed by atoms with E-state index < -0.39 is 6.10 Å². The second kappa shape index (κ2) is 8.88. The Morgan fingerprint density at radius 3 is 2.93 bits per heavy atom. The fourth-order valence-electron chi connectivity index (χ4n) is 4.33. The zero-order chi connectivity index (χ0) is 21.1. The van der Waals surface area contributed by atoms with Gasteiger partial charge in [-0.2, -0.15) is 0 Å². The summed E-state index contributed by atoms with van der Waals surface area (Å²) < 4.78 is 7.41. The van der Waals surface area contributed by atoms with E-state index in [1.54, 1.807) is 29.5 Å². The molecule has 0 bridgehead atoms. The maximum Gasteiger partial charge on any atom is 0.410 e. The van der Waals surface area contributed by atoms with E-state index in [1.807, 2.05) is 16.8 Å². The van der Waals surface area contributed by atoms with Gasteiger partial charge in [-0.05, 0) is 48.8 Å². The fourth-order valence-corrected chi connectivity index (χ4v) is 4.33. The Balaban J connectivity index is 1.49. The van der Waals surface area contributed by atoms with E-state index in [4.69, 9.17) is 4.74 Å². The third-order valence-corrected chi connectivity index (χ3v) is 6.10. The molecule has 1 aliphatic heterocycles. The number of amides is 1. The molecular weight excluding hydrogens is 378 g/mol. The Morgan fingerprint density at radius 1 is 1.37 bits per heavy atom. The molecule has 1 saturated heterocycles. The molecule has 2 unspecified atom stereocenters. The molecule has 158 valence electrons. The number of aliphatic hydroxyl groups excluding tert-OH is 1. The molecule has 1 amide bonds. The summed E-state index contributed by atoms with van der Waals surface area (Å²) in [7, 11) is 0. The van der Waals surface area contributed by atoms with Gasteiger partial charge < -0.3 is 19.1 Å². The number of imidazole rings is 1. The molecule has 1 aliphatic carbocycles. The number of pyridine rings is 1. The van der Waals surface area contributed by atoms with Crippen LogP contribution in [0.1, 0.15) is 48.8 Å². The Kier molecular flexibility index (Phi) is 6.04. The van der Waals surface area contributed by atoms with Crippen molar-refractivity contribution < 1.29 is 14.6 Å². The molecule has 2 aromatic rings. The molecule has 1 N–H and O–H groups in total. The summed E-state index contributed by atoms with van der Waals surface area (Å²) in [4.78, 5) is 18.6. The maximum absolute atomic E-state index is 12.6. The van der Waals surface area contributed by atoms with Crippen LogP contribution in [0.3, 0.4) is 0 Å².